The average molecular weight is 304 g/mol. The van der Waals surface area contributed by atoms with Crippen LogP contribution in [0.1, 0.15) is 43.9 Å². The van der Waals surface area contributed by atoms with E-state index in [2.05, 4.69) is 61.9 Å². The van der Waals surface area contributed by atoms with Crippen LogP contribution in [0, 0.1) is 6.92 Å². The summed E-state index contributed by atoms with van der Waals surface area (Å²) < 4.78 is 1.25. The fraction of sp³-hybridized carbons (Fsp3) is 0.692. The molecular weight excluding hydrogens is 282 g/mol. The molecule has 0 aliphatic carbocycles. The van der Waals surface area contributed by atoms with Gasteiger partial charge >= 0.3 is 0 Å². The first-order chi connectivity index (χ1) is 7.33. The molecule has 0 unspecified atom stereocenters. The van der Waals surface area contributed by atoms with Gasteiger partial charge in [-0.15, -0.1) is 11.3 Å². The van der Waals surface area contributed by atoms with Crippen molar-refractivity contribution >= 4 is 27.3 Å². The maximum Gasteiger partial charge on any atom is 0.0314 e. The summed E-state index contributed by atoms with van der Waals surface area (Å²) in [5, 5.41) is 3.49. The average Bonchev–Trinajstić information content (AvgIpc) is 2.46. The normalized spacial score (nSPS) is 12.4. The van der Waals surface area contributed by atoms with Crippen molar-refractivity contribution in [1.82, 2.24) is 5.32 Å². The molecule has 0 atom stereocenters. The Morgan fingerprint density at radius 2 is 2.06 bits per heavy atom. The Morgan fingerprint density at radius 3 is 2.50 bits per heavy atom. The lowest BCUT2D eigenvalue weighted by atomic mass is 9.87. The van der Waals surface area contributed by atoms with E-state index in [-0.39, 0.29) is 5.41 Å². The highest BCUT2D eigenvalue weighted by Crippen LogP contribution is 2.36. The van der Waals surface area contributed by atoms with E-state index in [1.165, 1.54) is 20.6 Å². The van der Waals surface area contributed by atoms with Gasteiger partial charge in [0.15, 0.2) is 0 Å². The molecule has 1 rings (SSSR count). The third-order valence-electron chi connectivity index (χ3n) is 2.83. The molecule has 1 N–H and O–H groups in total. The molecule has 1 aromatic heterocycles. The zero-order chi connectivity index (χ0) is 12.3. The van der Waals surface area contributed by atoms with Gasteiger partial charge in [0.2, 0.25) is 0 Å². The van der Waals surface area contributed by atoms with E-state index < -0.39 is 0 Å². The first-order valence-electron chi connectivity index (χ1n) is 5.83. The summed E-state index contributed by atoms with van der Waals surface area (Å²) in [4.78, 5) is 2.85. The van der Waals surface area contributed by atoms with E-state index in [1.807, 2.05) is 11.3 Å². The lowest BCUT2D eigenvalue weighted by Gasteiger charge is -2.24. The van der Waals surface area contributed by atoms with Crippen LogP contribution in [0.2, 0.25) is 0 Å². The van der Waals surface area contributed by atoms with Crippen LogP contribution in [-0.4, -0.2) is 12.6 Å². The summed E-state index contributed by atoms with van der Waals surface area (Å²) in [6.07, 6.45) is 1.18. The number of rotatable bonds is 5. The first-order valence-corrected chi connectivity index (χ1v) is 7.43. The van der Waals surface area contributed by atoms with Crippen LogP contribution in [0.4, 0.5) is 0 Å². The van der Waals surface area contributed by atoms with Gasteiger partial charge < -0.3 is 5.32 Å². The molecule has 1 heterocycles. The molecule has 3 heteroatoms. The van der Waals surface area contributed by atoms with E-state index in [9.17, 15) is 0 Å². The molecule has 0 spiro atoms. The maximum absolute atomic E-state index is 3.59. The summed E-state index contributed by atoms with van der Waals surface area (Å²) in [6, 6.07) is 2.85. The zero-order valence-electron chi connectivity index (χ0n) is 10.9. The molecule has 92 valence electrons. The van der Waals surface area contributed by atoms with Crippen molar-refractivity contribution in [1.29, 1.82) is 0 Å². The lowest BCUT2D eigenvalue weighted by Crippen LogP contribution is -2.29. The van der Waals surface area contributed by atoms with Gasteiger partial charge in [-0.25, -0.2) is 0 Å². The number of nitrogens with one attached hydrogen (secondary N) is 1. The lowest BCUT2D eigenvalue weighted by molar-refractivity contribution is 0.448. The Labute approximate surface area is 112 Å². The van der Waals surface area contributed by atoms with Crippen molar-refractivity contribution in [3.63, 3.8) is 0 Å². The minimum Gasteiger partial charge on any atom is -0.315 e. The fourth-order valence-electron chi connectivity index (χ4n) is 1.59. The number of halogens is 1. The van der Waals surface area contributed by atoms with Crippen LogP contribution in [-0.2, 0) is 5.41 Å². The Kier molecular flexibility index (Phi) is 5.02. The molecule has 0 saturated carbocycles. The third kappa shape index (κ3) is 3.86. The summed E-state index contributed by atoms with van der Waals surface area (Å²) >= 11 is 5.50. The van der Waals surface area contributed by atoms with Gasteiger partial charge in [-0.2, -0.15) is 0 Å². The quantitative estimate of drug-likeness (QED) is 0.845. The first kappa shape index (κ1) is 14.2. The van der Waals surface area contributed by atoms with Crippen LogP contribution in [0.5, 0.6) is 0 Å². The summed E-state index contributed by atoms with van der Waals surface area (Å²) in [7, 11) is 0. The number of hydrogen-bond donors (Lipinski definition) is 1. The molecule has 0 aliphatic rings. The third-order valence-corrected chi connectivity index (χ3v) is 5.33. The van der Waals surface area contributed by atoms with Crippen molar-refractivity contribution < 1.29 is 0 Å². The molecule has 0 radical (unpaired) electrons. The number of thiophene rings is 1. The second-order valence-electron chi connectivity index (χ2n) is 5.26. The van der Waals surface area contributed by atoms with Crippen LogP contribution in [0.25, 0.3) is 0 Å². The monoisotopic (exact) mass is 303 g/mol. The molecule has 0 fully saturated rings. The molecule has 0 saturated heterocycles. The summed E-state index contributed by atoms with van der Waals surface area (Å²) in [6.45, 7) is 12.3. The second kappa shape index (κ2) is 5.65. The Hall–Kier alpha value is 0.140. The van der Waals surface area contributed by atoms with E-state index >= 15 is 0 Å². The van der Waals surface area contributed by atoms with Crippen LogP contribution in [0.3, 0.4) is 0 Å². The van der Waals surface area contributed by atoms with Gasteiger partial charge in [0.25, 0.3) is 0 Å². The largest absolute Gasteiger partial charge is 0.315 e. The zero-order valence-corrected chi connectivity index (χ0v) is 13.3. The van der Waals surface area contributed by atoms with Crippen LogP contribution < -0.4 is 5.32 Å². The van der Waals surface area contributed by atoms with Gasteiger partial charge in [-0.05, 0) is 41.9 Å². The SMILES string of the molecule is Cc1sc(C(C)(C)CCNC(C)C)cc1Br. The van der Waals surface area contributed by atoms with Crippen LogP contribution in [0.15, 0.2) is 10.5 Å². The van der Waals surface area contributed by atoms with Gasteiger partial charge in [0.05, 0.1) is 0 Å². The van der Waals surface area contributed by atoms with Crippen molar-refractivity contribution in [2.45, 2.75) is 52.5 Å². The molecule has 0 amide bonds. The predicted molar refractivity (Wildman–Crippen MR) is 77.5 cm³/mol. The second-order valence-corrected chi connectivity index (χ2v) is 7.37. The standard InChI is InChI=1S/C13H22BrNS/c1-9(2)15-7-6-13(4,5)12-8-11(14)10(3)16-12/h8-9,15H,6-7H2,1-5H3. The summed E-state index contributed by atoms with van der Waals surface area (Å²) in [5.41, 5.74) is 0.267. The topological polar surface area (TPSA) is 12.0 Å². The molecule has 16 heavy (non-hydrogen) atoms. The smallest absolute Gasteiger partial charge is 0.0314 e. The van der Waals surface area contributed by atoms with Gasteiger partial charge in [0, 0.05) is 25.7 Å². The minimum atomic E-state index is 0.267. The molecule has 1 nitrogen and oxygen atoms in total. The fourth-order valence-corrected chi connectivity index (χ4v) is 3.25. The van der Waals surface area contributed by atoms with Crippen molar-refractivity contribution in [2.24, 2.45) is 0 Å². The van der Waals surface area contributed by atoms with Crippen LogP contribution >= 0.6 is 27.3 Å². The van der Waals surface area contributed by atoms with Crippen molar-refractivity contribution in [3.8, 4) is 0 Å². The highest BCUT2D eigenvalue weighted by Gasteiger charge is 2.23. The van der Waals surface area contributed by atoms with E-state index in [1.54, 1.807) is 0 Å². The van der Waals surface area contributed by atoms with E-state index in [4.69, 9.17) is 0 Å². The minimum absolute atomic E-state index is 0.267. The van der Waals surface area contributed by atoms with Crippen molar-refractivity contribution in [3.05, 3.63) is 20.3 Å². The highest BCUT2D eigenvalue weighted by molar-refractivity contribution is 9.10. The van der Waals surface area contributed by atoms with E-state index in [0.717, 1.165) is 6.54 Å². The van der Waals surface area contributed by atoms with Gasteiger partial charge in [0.1, 0.15) is 0 Å². The Bertz CT molecular complexity index is 322. The Morgan fingerprint density at radius 1 is 1.44 bits per heavy atom. The Balaban J connectivity index is 2.62. The number of aryl methyl sites for hydroxylation is 1. The highest BCUT2D eigenvalue weighted by atomic mass is 79.9. The molecule has 0 aromatic carbocycles. The van der Waals surface area contributed by atoms with Gasteiger partial charge in [-0.3, -0.25) is 0 Å². The van der Waals surface area contributed by atoms with E-state index in [0.29, 0.717) is 6.04 Å². The van der Waals surface area contributed by atoms with Crippen molar-refractivity contribution in [2.75, 3.05) is 6.54 Å². The molecular formula is C13H22BrNS. The molecule has 1 aromatic rings. The summed E-state index contributed by atoms with van der Waals surface area (Å²) in [5.74, 6) is 0. The number of hydrogen-bond acceptors (Lipinski definition) is 2. The van der Waals surface area contributed by atoms with Gasteiger partial charge in [-0.1, -0.05) is 27.7 Å². The maximum atomic E-state index is 3.59. The molecule has 0 aliphatic heterocycles. The predicted octanol–water partition coefficient (Wildman–Crippen LogP) is 4.48. The molecule has 0 bridgehead atoms.